The lowest BCUT2D eigenvalue weighted by Gasteiger charge is -2.22. The molecule has 0 spiro atoms. The van der Waals surface area contributed by atoms with Gasteiger partial charge in [-0.25, -0.2) is 4.39 Å². The third kappa shape index (κ3) is 3.08. The van der Waals surface area contributed by atoms with E-state index in [9.17, 15) is 4.39 Å². The lowest BCUT2D eigenvalue weighted by Crippen LogP contribution is -2.37. The summed E-state index contributed by atoms with van der Waals surface area (Å²) in [7, 11) is 0. The summed E-state index contributed by atoms with van der Waals surface area (Å²) in [6, 6.07) is 13.7. The van der Waals surface area contributed by atoms with E-state index in [1.807, 2.05) is 63.2 Å². The van der Waals surface area contributed by atoms with Gasteiger partial charge in [0, 0.05) is 12.1 Å². The van der Waals surface area contributed by atoms with Crippen LogP contribution in [0.4, 0.5) is 4.39 Å². The molecule has 0 fully saturated rings. The number of hydrogen-bond acceptors (Lipinski definition) is 1. The normalized spacial score (nSPS) is 13.8. The van der Waals surface area contributed by atoms with E-state index in [-0.39, 0.29) is 5.54 Å². The molecule has 1 N–H and O–H groups in total. The zero-order valence-corrected chi connectivity index (χ0v) is 11.2. The van der Waals surface area contributed by atoms with Gasteiger partial charge in [-0.15, -0.1) is 0 Å². The molecular formula is C16H20FN. The quantitative estimate of drug-likeness (QED) is 0.853. The molecule has 1 unspecified atom stereocenters. The van der Waals surface area contributed by atoms with Crippen molar-refractivity contribution in [3.8, 4) is 0 Å². The zero-order chi connectivity index (χ0) is 13.2. The van der Waals surface area contributed by atoms with Gasteiger partial charge < -0.3 is 5.32 Å². The molecule has 1 nitrogen and oxygen atoms in total. The summed E-state index contributed by atoms with van der Waals surface area (Å²) in [5.74, 6) is 0. The van der Waals surface area contributed by atoms with Crippen LogP contribution < -0.4 is 5.32 Å². The van der Waals surface area contributed by atoms with E-state index >= 15 is 0 Å². The second-order valence-corrected chi connectivity index (χ2v) is 5.67. The monoisotopic (exact) mass is 245 g/mol. The topological polar surface area (TPSA) is 12.0 Å². The van der Waals surface area contributed by atoms with Gasteiger partial charge in [0.15, 0.2) is 0 Å². The number of halogens is 1. The van der Waals surface area contributed by atoms with Crippen molar-refractivity contribution in [2.45, 2.75) is 32.5 Å². The highest BCUT2D eigenvalue weighted by molar-refractivity contribution is 5.85. The Morgan fingerprint density at radius 3 is 2.44 bits per heavy atom. The molecule has 0 saturated heterocycles. The molecule has 0 bridgehead atoms. The molecule has 0 amide bonds. The summed E-state index contributed by atoms with van der Waals surface area (Å²) in [5, 5.41) is 5.30. The zero-order valence-electron chi connectivity index (χ0n) is 11.2. The molecule has 0 aliphatic rings. The molecule has 18 heavy (non-hydrogen) atoms. The fourth-order valence-corrected chi connectivity index (χ4v) is 2.03. The average molecular weight is 245 g/mol. The van der Waals surface area contributed by atoms with Gasteiger partial charge in [-0.2, -0.15) is 0 Å². The Kier molecular flexibility index (Phi) is 3.67. The number of benzene rings is 2. The maximum atomic E-state index is 14.3. The standard InChI is InChI=1S/C16H20FN/c1-16(2,3)18-11-15(17)14-10-6-8-12-7-4-5-9-13(12)14/h4-10,15,18H,11H2,1-3H3. The van der Waals surface area contributed by atoms with Crippen LogP contribution in [0.5, 0.6) is 0 Å². The van der Waals surface area contributed by atoms with E-state index in [0.717, 1.165) is 16.3 Å². The number of fused-ring (bicyclic) bond motifs is 1. The van der Waals surface area contributed by atoms with Crippen molar-refractivity contribution in [3.05, 3.63) is 48.0 Å². The Balaban J connectivity index is 2.25. The number of hydrogen-bond donors (Lipinski definition) is 1. The molecule has 2 rings (SSSR count). The maximum Gasteiger partial charge on any atom is 0.138 e. The molecule has 2 aromatic rings. The summed E-state index contributed by atoms with van der Waals surface area (Å²) < 4.78 is 14.3. The molecule has 1 atom stereocenters. The van der Waals surface area contributed by atoms with Crippen LogP contribution in [0.2, 0.25) is 0 Å². The lowest BCUT2D eigenvalue weighted by molar-refractivity contribution is 0.293. The van der Waals surface area contributed by atoms with Gasteiger partial charge in [-0.1, -0.05) is 42.5 Å². The predicted molar refractivity (Wildman–Crippen MR) is 75.6 cm³/mol. The first-order valence-corrected chi connectivity index (χ1v) is 6.34. The van der Waals surface area contributed by atoms with Crippen LogP contribution >= 0.6 is 0 Å². The highest BCUT2D eigenvalue weighted by Gasteiger charge is 2.16. The highest BCUT2D eigenvalue weighted by Crippen LogP contribution is 2.26. The summed E-state index contributed by atoms with van der Waals surface area (Å²) >= 11 is 0. The first-order chi connectivity index (χ1) is 8.47. The third-order valence-electron chi connectivity index (χ3n) is 2.97. The summed E-state index contributed by atoms with van der Waals surface area (Å²) in [6.07, 6.45) is -0.977. The van der Waals surface area contributed by atoms with Gasteiger partial charge in [-0.05, 0) is 37.1 Å². The van der Waals surface area contributed by atoms with Crippen molar-refractivity contribution in [2.24, 2.45) is 0 Å². The minimum Gasteiger partial charge on any atom is -0.309 e. The van der Waals surface area contributed by atoms with Crippen LogP contribution in [0, 0.1) is 0 Å². The van der Waals surface area contributed by atoms with Gasteiger partial charge in [0.25, 0.3) is 0 Å². The van der Waals surface area contributed by atoms with Crippen molar-refractivity contribution < 1.29 is 4.39 Å². The van der Waals surface area contributed by atoms with Gasteiger partial charge in [0.1, 0.15) is 6.17 Å². The number of alkyl halides is 1. The summed E-state index contributed by atoms with van der Waals surface area (Å²) in [6.45, 7) is 6.48. The van der Waals surface area contributed by atoms with Crippen LogP contribution in [-0.4, -0.2) is 12.1 Å². The second kappa shape index (κ2) is 5.07. The van der Waals surface area contributed by atoms with Crippen molar-refractivity contribution in [3.63, 3.8) is 0 Å². The van der Waals surface area contributed by atoms with E-state index < -0.39 is 6.17 Å². The molecule has 96 valence electrons. The Hall–Kier alpha value is -1.41. The van der Waals surface area contributed by atoms with Crippen molar-refractivity contribution >= 4 is 10.8 Å². The van der Waals surface area contributed by atoms with Crippen LogP contribution in [0.1, 0.15) is 32.5 Å². The average Bonchev–Trinajstić information content (AvgIpc) is 2.34. The largest absolute Gasteiger partial charge is 0.309 e. The van der Waals surface area contributed by atoms with Crippen molar-refractivity contribution in [1.29, 1.82) is 0 Å². The molecule has 0 aliphatic carbocycles. The Bertz CT molecular complexity index is 523. The smallest absolute Gasteiger partial charge is 0.138 e. The van der Waals surface area contributed by atoms with E-state index in [2.05, 4.69) is 5.32 Å². The highest BCUT2D eigenvalue weighted by atomic mass is 19.1. The van der Waals surface area contributed by atoms with Crippen molar-refractivity contribution in [1.82, 2.24) is 5.32 Å². The van der Waals surface area contributed by atoms with Gasteiger partial charge in [-0.3, -0.25) is 0 Å². The van der Waals surface area contributed by atoms with Crippen molar-refractivity contribution in [2.75, 3.05) is 6.54 Å². The van der Waals surface area contributed by atoms with Gasteiger partial charge in [0.2, 0.25) is 0 Å². The van der Waals surface area contributed by atoms with Crippen LogP contribution in [0.3, 0.4) is 0 Å². The Morgan fingerprint density at radius 1 is 1.06 bits per heavy atom. The number of rotatable bonds is 3. The van der Waals surface area contributed by atoms with Gasteiger partial charge in [0.05, 0.1) is 0 Å². The first kappa shape index (κ1) is 13.0. The fraction of sp³-hybridized carbons (Fsp3) is 0.375. The Morgan fingerprint density at radius 2 is 1.72 bits per heavy atom. The molecule has 0 radical (unpaired) electrons. The molecule has 0 aliphatic heterocycles. The summed E-state index contributed by atoms with van der Waals surface area (Å²) in [4.78, 5) is 0. The van der Waals surface area contributed by atoms with Gasteiger partial charge >= 0.3 is 0 Å². The molecule has 2 aromatic carbocycles. The van der Waals surface area contributed by atoms with E-state index in [0.29, 0.717) is 6.54 Å². The second-order valence-electron chi connectivity index (χ2n) is 5.67. The minimum atomic E-state index is -0.977. The number of nitrogens with one attached hydrogen (secondary N) is 1. The van der Waals surface area contributed by atoms with E-state index in [1.165, 1.54) is 0 Å². The molecule has 0 heterocycles. The van der Waals surface area contributed by atoms with E-state index in [4.69, 9.17) is 0 Å². The Labute approximate surface area is 108 Å². The lowest BCUT2D eigenvalue weighted by atomic mass is 10.0. The molecule has 2 heteroatoms. The van der Waals surface area contributed by atoms with Crippen LogP contribution in [0.25, 0.3) is 10.8 Å². The molecule has 0 aromatic heterocycles. The predicted octanol–water partition coefficient (Wildman–Crippen LogP) is 4.24. The van der Waals surface area contributed by atoms with Crippen LogP contribution in [0.15, 0.2) is 42.5 Å². The molecular weight excluding hydrogens is 225 g/mol. The van der Waals surface area contributed by atoms with E-state index in [1.54, 1.807) is 0 Å². The van der Waals surface area contributed by atoms with Crippen LogP contribution in [-0.2, 0) is 0 Å². The SMILES string of the molecule is CC(C)(C)NCC(F)c1cccc2ccccc12. The summed E-state index contributed by atoms with van der Waals surface area (Å²) in [5.41, 5.74) is 0.708. The third-order valence-corrected chi connectivity index (χ3v) is 2.97. The molecule has 0 saturated carbocycles. The minimum absolute atomic E-state index is 0.0606. The fourth-order valence-electron chi connectivity index (χ4n) is 2.03. The maximum absolute atomic E-state index is 14.3. The first-order valence-electron chi connectivity index (χ1n) is 6.34.